The maximum atomic E-state index is 14.4. The van der Waals surface area contributed by atoms with Gasteiger partial charge in [-0.3, -0.25) is 24.2 Å². The molecule has 0 spiro atoms. The second kappa shape index (κ2) is 17.0. The van der Waals surface area contributed by atoms with Crippen molar-refractivity contribution in [2.75, 3.05) is 33.5 Å². The number of amides is 3. The van der Waals surface area contributed by atoms with E-state index in [1.165, 1.54) is 47.4 Å². The van der Waals surface area contributed by atoms with Crippen LogP contribution in [-0.4, -0.2) is 107 Å². The highest BCUT2D eigenvalue weighted by Gasteiger charge is 2.58. The molecule has 0 bridgehead atoms. The van der Waals surface area contributed by atoms with Gasteiger partial charge in [-0.15, -0.1) is 0 Å². The molecule has 64 heavy (non-hydrogen) atoms. The predicted molar refractivity (Wildman–Crippen MR) is 240 cm³/mol. The molecule has 3 aromatic rings. The lowest BCUT2D eigenvalue weighted by Crippen LogP contribution is -2.53. The van der Waals surface area contributed by atoms with Crippen molar-refractivity contribution in [1.29, 1.82) is 0 Å². The molecule has 1 aromatic heterocycles. The number of aromatic nitrogens is 2. The summed E-state index contributed by atoms with van der Waals surface area (Å²) in [6.07, 6.45) is 14.9. The number of allylic oxidation sites excluding steroid dienone is 1. The highest BCUT2D eigenvalue weighted by molar-refractivity contribution is 6.04. The van der Waals surface area contributed by atoms with Crippen molar-refractivity contribution in [2.45, 2.75) is 121 Å². The number of aliphatic imine (C=N–C) groups is 1. The summed E-state index contributed by atoms with van der Waals surface area (Å²) in [5.41, 5.74) is 10.8. The molecule has 8 atom stereocenters. The van der Waals surface area contributed by atoms with Gasteiger partial charge in [-0.1, -0.05) is 36.4 Å². The molecular weight excluding hydrogens is 809 g/mol. The quantitative estimate of drug-likeness (QED) is 0.193. The molecule has 3 amide bonds. The first kappa shape index (κ1) is 41.6. The topological polar surface area (TPSA) is 156 Å². The van der Waals surface area contributed by atoms with Gasteiger partial charge in [-0.2, -0.15) is 0 Å². The Labute approximate surface area is 374 Å². The van der Waals surface area contributed by atoms with Gasteiger partial charge in [0, 0.05) is 63.8 Å². The molecule has 0 radical (unpaired) electrons. The maximum Gasteiger partial charge on any atom is 0.306 e. The minimum absolute atomic E-state index is 0.00626. The van der Waals surface area contributed by atoms with Crippen LogP contribution in [0.25, 0.3) is 28.0 Å². The second-order valence-corrected chi connectivity index (χ2v) is 19.8. The van der Waals surface area contributed by atoms with E-state index in [0.29, 0.717) is 38.3 Å². The van der Waals surface area contributed by atoms with Crippen LogP contribution in [0.2, 0.25) is 0 Å². The Balaban J connectivity index is 0.776. The van der Waals surface area contributed by atoms with Crippen LogP contribution >= 0.6 is 0 Å². The molecule has 0 unspecified atom stereocenters. The summed E-state index contributed by atoms with van der Waals surface area (Å²) < 4.78 is 16.3. The monoisotopic (exact) mass is 868 g/mol. The zero-order valence-corrected chi connectivity index (χ0v) is 37.1. The zero-order valence-electron chi connectivity index (χ0n) is 37.1. The molecule has 2 saturated carbocycles. The first-order valence-electron chi connectivity index (χ1n) is 23.9. The van der Waals surface area contributed by atoms with Gasteiger partial charge >= 0.3 is 5.97 Å². The van der Waals surface area contributed by atoms with E-state index in [9.17, 15) is 19.2 Å². The van der Waals surface area contributed by atoms with E-state index >= 15 is 0 Å². The van der Waals surface area contributed by atoms with E-state index in [0.717, 1.165) is 99.8 Å². The molecule has 2 aromatic carbocycles. The number of H-pyrrole nitrogens is 1. The number of ether oxygens (including phenoxy) is 3. The average molecular weight is 869 g/mol. The Kier molecular flexibility index (Phi) is 11.0. The van der Waals surface area contributed by atoms with Crippen LogP contribution in [0.5, 0.6) is 0 Å². The number of benzene rings is 2. The molecule has 8 aliphatic rings. The summed E-state index contributed by atoms with van der Waals surface area (Å²) >= 11 is 0. The van der Waals surface area contributed by atoms with Crippen LogP contribution in [0.15, 0.2) is 53.8 Å². The summed E-state index contributed by atoms with van der Waals surface area (Å²) in [5, 5.41) is 3.01. The number of nitrogens with zero attached hydrogens (tertiary/aromatic N) is 4. The number of imidazole rings is 1. The van der Waals surface area contributed by atoms with Gasteiger partial charge in [0.1, 0.15) is 11.9 Å². The van der Waals surface area contributed by atoms with Gasteiger partial charge in [-0.05, 0) is 133 Å². The highest BCUT2D eigenvalue weighted by Crippen LogP contribution is 2.54. The van der Waals surface area contributed by atoms with Crippen LogP contribution in [0.3, 0.4) is 0 Å². The minimum atomic E-state index is -0.547. The largest absolute Gasteiger partial charge is 0.469 e. The fourth-order valence-electron chi connectivity index (χ4n) is 12.5. The standard InChI is InChI=1S/C51H60N6O7/c1-28(58)54-48(32-14-18-64-19-15-32)51(61)57-44-22-34(44)24-46(57)49-53-27-42(55-49)31-8-6-29(7-9-31)36-10-11-37(39-5-3-4-38(36)39)35-20-41(52-26-35)45-23-33-21-43(33)56(45)50(60)40(25-47(59)62-2)30-12-16-63-17-13-30/h6-11,26-27,30,32-34,40,43-46,48H,3-5,12-25H2,1-2H3,(H,53,55)(H,54,58)/t33-,34-,40+,43-,44-,45+,46+,48+/m1/s1. The SMILES string of the molecule is COC(=O)C[C@H](C(=O)N1[C@@H]2C[C@@H]2C[C@H]1C1=NC=C(c2ccc(-c3ccc(-c4cnc([C@@H]5C[C@H]6C[C@H]6N5C(=O)[C@@H](NC(C)=O)C5CCOCC5)[nH]4)cc3)c3c2CCC3)C1)C1CCOCC1. The number of fused-ring (bicyclic) bond motifs is 3. The first-order chi connectivity index (χ1) is 31.2. The van der Waals surface area contributed by atoms with E-state index in [-0.39, 0.29) is 66.1 Å². The van der Waals surface area contributed by atoms with Crippen LogP contribution in [0.4, 0.5) is 0 Å². The van der Waals surface area contributed by atoms with Crippen molar-refractivity contribution in [3.8, 4) is 22.4 Å². The molecule has 3 aliphatic carbocycles. The third-order valence-corrected chi connectivity index (χ3v) is 16.0. The van der Waals surface area contributed by atoms with Gasteiger partial charge in [0.25, 0.3) is 0 Å². The normalized spacial score (nSPS) is 28.2. The molecule has 11 rings (SSSR count). The third kappa shape index (κ3) is 7.69. The van der Waals surface area contributed by atoms with Crippen LogP contribution in [0, 0.1) is 29.6 Å². The number of likely N-dealkylation sites (tertiary alicyclic amines) is 2. The van der Waals surface area contributed by atoms with Crippen molar-refractivity contribution in [1.82, 2.24) is 25.1 Å². The number of methoxy groups -OCH3 is 1. The van der Waals surface area contributed by atoms with Gasteiger partial charge in [0.2, 0.25) is 17.7 Å². The van der Waals surface area contributed by atoms with Crippen molar-refractivity contribution < 1.29 is 33.4 Å². The molecule has 5 aliphatic heterocycles. The smallest absolute Gasteiger partial charge is 0.306 e. The van der Waals surface area contributed by atoms with E-state index < -0.39 is 12.0 Å². The van der Waals surface area contributed by atoms with E-state index in [4.69, 9.17) is 24.2 Å². The van der Waals surface area contributed by atoms with Crippen molar-refractivity contribution in [3.05, 3.63) is 71.3 Å². The number of rotatable bonds is 12. The Bertz CT molecular complexity index is 2390. The molecule has 6 fully saturated rings. The Morgan fingerprint density at radius 2 is 1.42 bits per heavy atom. The molecule has 336 valence electrons. The van der Waals surface area contributed by atoms with Crippen LogP contribution < -0.4 is 5.32 Å². The molecule has 4 saturated heterocycles. The zero-order chi connectivity index (χ0) is 43.6. The van der Waals surface area contributed by atoms with Crippen LogP contribution in [0.1, 0.15) is 106 Å². The van der Waals surface area contributed by atoms with Crippen molar-refractivity contribution in [2.24, 2.45) is 34.6 Å². The summed E-state index contributed by atoms with van der Waals surface area (Å²) in [6, 6.07) is 13.0. The van der Waals surface area contributed by atoms with Gasteiger partial charge in [0.05, 0.1) is 43.4 Å². The number of hydrogen-bond donors (Lipinski definition) is 2. The Morgan fingerprint density at radius 1 is 0.797 bits per heavy atom. The summed E-state index contributed by atoms with van der Waals surface area (Å²) in [4.78, 5) is 71.1. The van der Waals surface area contributed by atoms with E-state index in [2.05, 4.69) is 51.6 Å². The fourth-order valence-corrected chi connectivity index (χ4v) is 12.5. The van der Waals surface area contributed by atoms with Gasteiger partial charge < -0.3 is 34.3 Å². The maximum absolute atomic E-state index is 14.4. The number of esters is 1. The fraction of sp³-hybridized carbons (Fsp3) is 0.569. The lowest BCUT2D eigenvalue weighted by molar-refractivity contribution is -0.150. The van der Waals surface area contributed by atoms with Gasteiger partial charge in [0.15, 0.2) is 0 Å². The third-order valence-electron chi connectivity index (χ3n) is 16.0. The van der Waals surface area contributed by atoms with Gasteiger partial charge in [-0.25, -0.2) is 4.98 Å². The summed E-state index contributed by atoms with van der Waals surface area (Å²) in [5.74, 6) is 1.17. The summed E-state index contributed by atoms with van der Waals surface area (Å²) in [7, 11) is 1.40. The highest BCUT2D eigenvalue weighted by atomic mass is 16.5. The first-order valence-corrected chi connectivity index (χ1v) is 23.9. The predicted octanol–water partition coefficient (Wildman–Crippen LogP) is 6.61. The molecular formula is C51H60N6O7. The van der Waals surface area contributed by atoms with Crippen molar-refractivity contribution >= 4 is 35.0 Å². The summed E-state index contributed by atoms with van der Waals surface area (Å²) in [6.45, 7) is 3.96. The molecule has 13 nitrogen and oxygen atoms in total. The van der Waals surface area contributed by atoms with Crippen LogP contribution in [-0.2, 0) is 46.2 Å². The molecule has 2 N–H and O–H groups in total. The second-order valence-electron chi connectivity index (χ2n) is 19.8. The Morgan fingerprint density at radius 3 is 2.11 bits per heavy atom. The number of carbonyl (C=O) groups excluding carboxylic acids is 4. The van der Waals surface area contributed by atoms with E-state index in [1.54, 1.807) is 0 Å². The van der Waals surface area contributed by atoms with Crippen molar-refractivity contribution in [3.63, 3.8) is 0 Å². The number of aromatic amines is 1. The number of nitrogens with one attached hydrogen (secondary N) is 2. The number of piperidine rings is 2. The number of hydrogen-bond acceptors (Lipinski definition) is 9. The molecule has 6 heterocycles. The number of carbonyl (C=O) groups is 4. The van der Waals surface area contributed by atoms with E-state index in [1.807, 2.05) is 17.3 Å². The molecule has 13 heteroatoms. The average Bonchev–Trinajstić information content (AvgIpc) is 3.78. The lowest BCUT2D eigenvalue weighted by Gasteiger charge is -2.35. The minimum Gasteiger partial charge on any atom is -0.469 e. The Hall–Kier alpha value is -5.14. The lowest BCUT2D eigenvalue weighted by atomic mass is 9.82.